The van der Waals surface area contributed by atoms with Crippen LogP contribution in [0, 0.1) is 0 Å². The van der Waals surface area contributed by atoms with Crippen LogP contribution in [0.15, 0.2) is 0 Å². The van der Waals surface area contributed by atoms with Crippen LogP contribution < -0.4 is 0 Å². The van der Waals surface area contributed by atoms with E-state index in [1.54, 1.807) is 0 Å². The van der Waals surface area contributed by atoms with E-state index in [4.69, 9.17) is 9.47 Å². The van der Waals surface area contributed by atoms with E-state index in [0.29, 0.717) is 19.6 Å². The predicted molar refractivity (Wildman–Crippen MR) is 210 cm³/mol. The zero-order chi connectivity index (χ0) is 34.9. The van der Waals surface area contributed by atoms with Crippen molar-refractivity contribution in [3.05, 3.63) is 0 Å². The van der Waals surface area contributed by atoms with Gasteiger partial charge in [-0.15, -0.1) is 0 Å². The summed E-state index contributed by atoms with van der Waals surface area (Å²) in [6.07, 6.45) is 48.8. The number of esters is 1. The summed E-state index contributed by atoms with van der Waals surface area (Å²) >= 11 is 0. The number of hydrogen-bond acceptors (Lipinski definition) is 4. The van der Waals surface area contributed by atoms with Crippen LogP contribution in [0.25, 0.3) is 0 Å². The molecule has 0 aliphatic heterocycles. The van der Waals surface area contributed by atoms with Crippen LogP contribution in [-0.2, 0) is 14.3 Å². The normalized spacial score (nSPS) is 12.1. The van der Waals surface area contributed by atoms with Crippen LogP contribution in [-0.4, -0.2) is 37.0 Å². The molecule has 4 heteroatoms. The van der Waals surface area contributed by atoms with Crippen LogP contribution in [0.5, 0.6) is 0 Å². The molecule has 0 fully saturated rings. The molecule has 0 aromatic rings. The highest BCUT2D eigenvalue weighted by Gasteiger charge is 2.13. The summed E-state index contributed by atoms with van der Waals surface area (Å²) < 4.78 is 11.2. The lowest BCUT2D eigenvalue weighted by Crippen LogP contribution is -2.27. The van der Waals surface area contributed by atoms with Crippen LogP contribution in [0.4, 0.5) is 0 Å². The summed E-state index contributed by atoms with van der Waals surface area (Å²) in [5.74, 6) is -0.193. The molecular formula is C44H88O4. The van der Waals surface area contributed by atoms with Crippen molar-refractivity contribution < 1.29 is 19.4 Å². The summed E-state index contributed by atoms with van der Waals surface area (Å²) in [7, 11) is 0. The van der Waals surface area contributed by atoms with Gasteiger partial charge in [0.25, 0.3) is 0 Å². The first kappa shape index (κ1) is 47.4. The van der Waals surface area contributed by atoms with Crippen molar-refractivity contribution in [2.24, 2.45) is 0 Å². The highest BCUT2D eigenvalue weighted by molar-refractivity contribution is 5.69. The van der Waals surface area contributed by atoms with Crippen LogP contribution in [0.1, 0.15) is 251 Å². The number of hydrogen-bond donors (Lipinski definition) is 1. The van der Waals surface area contributed by atoms with Gasteiger partial charge in [-0.2, -0.15) is 0 Å². The SMILES string of the molecule is CCCCCCCCCCCCCCCCCCCCCCCOCC(CO)OC(=O)CCCCCCCCCCCCCCCCC. The summed E-state index contributed by atoms with van der Waals surface area (Å²) in [5.41, 5.74) is 0. The Kier molecular flexibility index (Phi) is 42.0. The monoisotopic (exact) mass is 681 g/mol. The maximum absolute atomic E-state index is 12.2. The summed E-state index contributed by atoms with van der Waals surface area (Å²) in [6, 6.07) is 0. The minimum atomic E-state index is -0.524. The molecule has 0 saturated carbocycles. The number of unbranched alkanes of at least 4 members (excludes halogenated alkanes) is 34. The van der Waals surface area contributed by atoms with E-state index in [0.717, 1.165) is 19.3 Å². The van der Waals surface area contributed by atoms with Gasteiger partial charge in [-0.3, -0.25) is 4.79 Å². The minimum absolute atomic E-state index is 0.163. The van der Waals surface area contributed by atoms with E-state index in [2.05, 4.69) is 13.8 Å². The molecule has 0 heterocycles. The number of ether oxygens (including phenoxy) is 2. The van der Waals surface area contributed by atoms with Crippen LogP contribution in [0.2, 0.25) is 0 Å². The van der Waals surface area contributed by atoms with Crippen molar-refractivity contribution >= 4 is 5.97 Å². The van der Waals surface area contributed by atoms with Crippen LogP contribution in [0.3, 0.4) is 0 Å². The smallest absolute Gasteiger partial charge is 0.306 e. The van der Waals surface area contributed by atoms with E-state index >= 15 is 0 Å². The van der Waals surface area contributed by atoms with Gasteiger partial charge in [-0.25, -0.2) is 0 Å². The predicted octanol–water partition coefficient (Wildman–Crippen LogP) is 14.4. The second kappa shape index (κ2) is 42.6. The fourth-order valence-corrected chi connectivity index (χ4v) is 6.86. The van der Waals surface area contributed by atoms with Gasteiger partial charge >= 0.3 is 5.97 Å². The standard InChI is InChI=1S/C44H88O4/c1-3-5-7-9-11-13-15-17-19-20-21-22-23-24-26-28-30-32-34-36-38-40-47-42-43(41-45)48-44(46)39-37-35-33-31-29-27-25-18-16-14-12-10-8-6-4-2/h43,45H,3-42H2,1-2H3. The van der Waals surface area contributed by atoms with Crippen molar-refractivity contribution in [2.45, 2.75) is 258 Å². The molecule has 0 aromatic heterocycles. The quantitative estimate of drug-likeness (QED) is 0.0515. The van der Waals surface area contributed by atoms with E-state index in [-0.39, 0.29) is 12.6 Å². The molecule has 288 valence electrons. The lowest BCUT2D eigenvalue weighted by molar-refractivity contribution is -0.154. The molecule has 0 bridgehead atoms. The molecule has 1 atom stereocenters. The third kappa shape index (κ3) is 39.8. The van der Waals surface area contributed by atoms with Crippen molar-refractivity contribution in [1.29, 1.82) is 0 Å². The summed E-state index contributed by atoms with van der Waals surface area (Å²) in [4.78, 5) is 12.2. The maximum atomic E-state index is 12.2. The van der Waals surface area contributed by atoms with Gasteiger partial charge in [0.05, 0.1) is 13.2 Å². The Morgan fingerprint density at radius 2 is 0.688 bits per heavy atom. The fourth-order valence-electron chi connectivity index (χ4n) is 6.86. The first-order chi connectivity index (χ1) is 23.7. The lowest BCUT2D eigenvalue weighted by Gasteiger charge is -2.16. The molecule has 0 saturated heterocycles. The molecular weight excluding hydrogens is 592 g/mol. The van der Waals surface area contributed by atoms with Gasteiger partial charge < -0.3 is 14.6 Å². The summed E-state index contributed by atoms with van der Waals surface area (Å²) in [5, 5.41) is 9.60. The van der Waals surface area contributed by atoms with E-state index in [1.165, 1.54) is 212 Å². The molecule has 0 rings (SSSR count). The average molecular weight is 681 g/mol. The highest BCUT2D eigenvalue weighted by Crippen LogP contribution is 2.16. The van der Waals surface area contributed by atoms with Gasteiger partial charge in [0.15, 0.2) is 0 Å². The topological polar surface area (TPSA) is 55.8 Å². The molecule has 0 radical (unpaired) electrons. The largest absolute Gasteiger partial charge is 0.457 e. The Labute approximate surface area is 302 Å². The zero-order valence-electron chi connectivity index (χ0n) is 33.0. The molecule has 48 heavy (non-hydrogen) atoms. The minimum Gasteiger partial charge on any atom is -0.457 e. The zero-order valence-corrected chi connectivity index (χ0v) is 33.0. The first-order valence-corrected chi connectivity index (χ1v) is 22.1. The third-order valence-corrected chi connectivity index (χ3v) is 10.2. The molecule has 0 amide bonds. The van der Waals surface area contributed by atoms with Crippen molar-refractivity contribution in [1.82, 2.24) is 0 Å². The molecule has 4 nitrogen and oxygen atoms in total. The molecule has 0 spiro atoms. The fraction of sp³-hybridized carbons (Fsp3) is 0.977. The molecule has 0 aromatic carbocycles. The van der Waals surface area contributed by atoms with Gasteiger partial charge in [-0.1, -0.05) is 232 Å². The number of aliphatic hydroxyl groups is 1. The lowest BCUT2D eigenvalue weighted by atomic mass is 10.0. The van der Waals surface area contributed by atoms with Crippen molar-refractivity contribution in [3.8, 4) is 0 Å². The van der Waals surface area contributed by atoms with Crippen LogP contribution >= 0.6 is 0 Å². The van der Waals surface area contributed by atoms with E-state index < -0.39 is 6.10 Å². The Hall–Kier alpha value is -0.610. The molecule has 1 unspecified atom stereocenters. The van der Waals surface area contributed by atoms with Gasteiger partial charge in [0, 0.05) is 13.0 Å². The molecule has 0 aliphatic rings. The Morgan fingerprint density at radius 3 is 0.979 bits per heavy atom. The maximum Gasteiger partial charge on any atom is 0.306 e. The molecule has 1 N–H and O–H groups in total. The molecule has 0 aliphatic carbocycles. The first-order valence-electron chi connectivity index (χ1n) is 22.1. The van der Waals surface area contributed by atoms with Gasteiger partial charge in [0.1, 0.15) is 6.10 Å². The van der Waals surface area contributed by atoms with Crippen molar-refractivity contribution in [3.63, 3.8) is 0 Å². The average Bonchev–Trinajstić information content (AvgIpc) is 3.09. The Balaban J connectivity index is 3.33. The third-order valence-electron chi connectivity index (χ3n) is 10.2. The Bertz CT molecular complexity index is 594. The number of carbonyl (C=O) groups excluding carboxylic acids is 1. The van der Waals surface area contributed by atoms with Gasteiger partial charge in [-0.05, 0) is 12.8 Å². The van der Waals surface area contributed by atoms with E-state index in [9.17, 15) is 9.90 Å². The number of carbonyl (C=O) groups is 1. The second-order valence-electron chi connectivity index (χ2n) is 15.1. The summed E-state index contributed by atoms with van der Waals surface area (Å²) in [6.45, 7) is 5.40. The second-order valence-corrected chi connectivity index (χ2v) is 15.1. The van der Waals surface area contributed by atoms with Gasteiger partial charge in [0.2, 0.25) is 0 Å². The number of aliphatic hydroxyl groups excluding tert-OH is 1. The Morgan fingerprint density at radius 1 is 0.417 bits per heavy atom. The van der Waals surface area contributed by atoms with E-state index in [1.807, 2.05) is 0 Å². The highest BCUT2D eigenvalue weighted by atomic mass is 16.6. The van der Waals surface area contributed by atoms with Crippen molar-refractivity contribution in [2.75, 3.05) is 19.8 Å². The number of rotatable bonds is 42.